The van der Waals surface area contributed by atoms with Crippen molar-refractivity contribution in [1.29, 1.82) is 0 Å². The van der Waals surface area contributed by atoms with Crippen LogP contribution in [0.25, 0.3) is 0 Å². The van der Waals surface area contributed by atoms with Crippen LogP contribution in [0.4, 0.5) is 0 Å². The fraction of sp³-hybridized carbons (Fsp3) is 0.926. The van der Waals surface area contributed by atoms with Crippen molar-refractivity contribution in [3.8, 4) is 0 Å². The Morgan fingerprint density at radius 1 is 0.941 bits per heavy atom. The number of fused-ring (bicyclic) bond motifs is 5. The zero-order valence-corrected chi connectivity index (χ0v) is 21.2. The van der Waals surface area contributed by atoms with Crippen molar-refractivity contribution in [2.75, 3.05) is 6.61 Å². The minimum Gasteiger partial charge on any atom is -0.396 e. The van der Waals surface area contributed by atoms with E-state index in [-0.39, 0.29) is 17.8 Å². The molecule has 0 aromatic rings. The Hall–Kier alpha value is -0.540. The predicted molar refractivity (Wildman–Crippen MR) is 128 cm³/mol. The zero-order chi connectivity index (χ0) is 25.3. The van der Waals surface area contributed by atoms with Crippen LogP contribution in [-0.2, 0) is 0 Å². The maximum atomic E-state index is 12.2. The van der Waals surface area contributed by atoms with Gasteiger partial charge in [-0.25, -0.2) is 0 Å². The van der Waals surface area contributed by atoms with Crippen LogP contribution in [0, 0.1) is 34.5 Å². The van der Waals surface area contributed by atoms with Crippen molar-refractivity contribution in [3.05, 3.63) is 11.6 Å². The topological polar surface area (TPSA) is 142 Å². The third kappa shape index (κ3) is 3.41. The highest BCUT2D eigenvalue weighted by atomic mass is 16.4. The third-order valence-electron chi connectivity index (χ3n) is 10.6. The van der Waals surface area contributed by atoms with Gasteiger partial charge in [-0.15, -0.1) is 0 Å². The summed E-state index contributed by atoms with van der Waals surface area (Å²) in [5, 5.41) is 78.0. The van der Waals surface area contributed by atoms with Gasteiger partial charge in [0.15, 0.2) is 0 Å². The summed E-state index contributed by atoms with van der Waals surface area (Å²) in [6, 6.07) is 0. The molecule has 4 unspecified atom stereocenters. The van der Waals surface area contributed by atoms with Gasteiger partial charge in [0, 0.05) is 6.42 Å². The van der Waals surface area contributed by atoms with Crippen LogP contribution in [0.1, 0.15) is 79.1 Å². The molecule has 4 aliphatic rings. The van der Waals surface area contributed by atoms with E-state index in [4.69, 9.17) is 0 Å². The molecule has 34 heavy (non-hydrogen) atoms. The van der Waals surface area contributed by atoms with Crippen LogP contribution in [0.3, 0.4) is 0 Å². The fourth-order valence-corrected chi connectivity index (χ4v) is 8.75. The molecular formula is C27H46O7. The lowest BCUT2D eigenvalue weighted by molar-refractivity contribution is -0.311. The Labute approximate surface area is 203 Å². The maximum absolute atomic E-state index is 12.2. The Morgan fingerprint density at radius 3 is 2.21 bits per heavy atom. The summed E-state index contributed by atoms with van der Waals surface area (Å²) in [6.07, 6.45) is 0.983. The van der Waals surface area contributed by atoms with E-state index in [0.29, 0.717) is 29.7 Å². The first kappa shape index (κ1) is 26.5. The van der Waals surface area contributed by atoms with Gasteiger partial charge < -0.3 is 35.7 Å². The van der Waals surface area contributed by atoms with Crippen molar-refractivity contribution < 1.29 is 35.7 Å². The van der Waals surface area contributed by atoms with E-state index in [1.165, 1.54) is 12.5 Å². The second-order valence-electron chi connectivity index (χ2n) is 12.8. The molecule has 0 heterocycles. The highest BCUT2D eigenvalue weighted by molar-refractivity contribution is 5.43. The van der Waals surface area contributed by atoms with Crippen LogP contribution in [0.5, 0.6) is 0 Å². The van der Waals surface area contributed by atoms with Crippen molar-refractivity contribution in [2.45, 2.75) is 115 Å². The molecule has 3 fully saturated rings. The van der Waals surface area contributed by atoms with Crippen LogP contribution in [0.15, 0.2) is 11.6 Å². The normalized spacial score (nSPS) is 51.5. The molecule has 0 spiro atoms. The van der Waals surface area contributed by atoms with E-state index in [0.717, 1.165) is 25.7 Å². The van der Waals surface area contributed by atoms with Gasteiger partial charge >= 0.3 is 0 Å². The van der Waals surface area contributed by atoms with Crippen LogP contribution in [-0.4, -0.2) is 78.0 Å². The van der Waals surface area contributed by atoms with E-state index < -0.39 is 54.1 Å². The lowest BCUT2D eigenvalue weighted by Crippen LogP contribution is -2.79. The lowest BCUT2D eigenvalue weighted by Gasteiger charge is -2.67. The van der Waals surface area contributed by atoms with E-state index in [9.17, 15) is 35.7 Å². The molecule has 7 heteroatoms. The second kappa shape index (κ2) is 8.79. The van der Waals surface area contributed by atoms with Crippen molar-refractivity contribution in [3.63, 3.8) is 0 Å². The molecule has 196 valence electrons. The molecule has 0 aromatic carbocycles. The largest absolute Gasteiger partial charge is 0.396 e. The number of aliphatic hydroxyl groups is 7. The molecule has 0 aliphatic heterocycles. The first-order valence-electron chi connectivity index (χ1n) is 13.3. The molecule has 4 rings (SSSR count). The molecule has 0 saturated heterocycles. The molecule has 0 radical (unpaired) electrons. The van der Waals surface area contributed by atoms with Gasteiger partial charge in [0.25, 0.3) is 0 Å². The van der Waals surface area contributed by atoms with Crippen molar-refractivity contribution >= 4 is 0 Å². The molecule has 0 bridgehead atoms. The highest BCUT2D eigenvalue weighted by Crippen LogP contribution is 2.69. The molecule has 11 atom stereocenters. The molecule has 0 amide bonds. The van der Waals surface area contributed by atoms with Gasteiger partial charge in [-0.2, -0.15) is 0 Å². The second-order valence-corrected chi connectivity index (χ2v) is 12.8. The monoisotopic (exact) mass is 482 g/mol. The van der Waals surface area contributed by atoms with Gasteiger partial charge in [0.2, 0.25) is 0 Å². The number of rotatable bonds is 6. The Kier molecular flexibility index (Phi) is 6.86. The van der Waals surface area contributed by atoms with E-state index in [1.807, 2.05) is 0 Å². The SMILES string of the molecule is CC(C)CCC[C@@H](C)[C@H]1CC[C@H]2C3=CC(O)[C@@]4(O)CC(O)C(O)C[C@]4(CO)[C@@]3(O)C(O)C[C@]12C. The molecular weight excluding hydrogens is 436 g/mol. The summed E-state index contributed by atoms with van der Waals surface area (Å²) in [6.45, 7) is 8.19. The van der Waals surface area contributed by atoms with Crippen molar-refractivity contribution in [1.82, 2.24) is 0 Å². The summed E-state index contributed by atoms with van der Waals surface area (Å²) < 4.78 is 0. The molecule has 7 N–H and O–H groups in total. The minimum atomic E-state index is -2.07. The number of hydrogen-bond acceptors (Lipinski definition) is 7. The average Bonchev–Trinajstić information content (AvgIpc) is 3.09. The fourth-order valence-electron chi connectivity index (χ4n) is 8.75. The Bertz CT molecular complexity index is 800. The number of aliphatic hydroxyl groups excluding tert-OH is 5. The van der Waals surface area contributed by atoms with Gasteiger partial charge in [-0.3, -0.25) is 0 Å². The van der Waals surface area contributed by atoms with E-state index in [1.54, 1.807) is 0 Å². The van der Waals surface area contributed by atoms with Gasteiger partial charge in [-0.05, 0) is 60.3 Å². The van der Waals surface area contributed by atoms with Gasteiger partial charge in [-0.1, -0.05) is 53.0 Å². The van der Waals surface area contributed by atoms with Crippen LogP contribution < -0.4 is 0 Å². The van der Waals surface area contributed by atoms with Gasteiger partial charge in [0.1, 0.15) is 17.3 Å². The molecule has 0 aromatic heterocycles. The average molecular weight is 483 g/mol. The summed E-state index contributed by atoms with van der Waals surface area (Å²) in [7, 11) is 0. The first-order valence-corrected chi connectivity index (χ1v) is 13.3. The van der Waals surface area contributed by atoms with Crippen LogP contribution in [0.2, 0.25) is 0 Å². The van der Waals surface area contributed by atoms with Crippen LogP contribution >= 0.6 is 0 Å². The molecule has 3 saturated carbocycles. The smallest absolute Gasteiger partial charge is 0.123 e. The standard InChI is InChI=1S/C27H46O7/c1-15(2)6-5-7-16(3)17-8-9-18-19-10-22(31)26(33)12-21(30)20(29)11-25(26,14-28)27(19,34)23(32)13-24(17,18)4/h10,15-18,20-23,28-34H,5-9,11-14H2,1-4H3/t16-,17-,18+,20?,21?,22?,23?,24-,25-,26+,27+/m1/s1. The predicted octanol–water partition coefficient (Wildman–Crippen LogP) is 1.50. The zero-order valence-electron chi connectivity index (χ0n) is 21.2. The highest BCUT2D eigenvalue weighted by Gasteiger charge is 2.76. The quantitative estimate of drug-likeness (QED) is 0.285. The van der Waals surface area contributed by atoms with Crippen molar-refractivity contribution in [2.24, 2.45) is 34.5 Å². The molecule has 7 nitrogen and oxygen atoms in total. The van der Waals surface area contributed by atoms with E-state index >= 15 is 0 Å². The lowest BCUT2D eigenvalue weighted by atomic mass is 9.42. The Balaban J connectivity index is 1.73. The maximum Gasteiger partial charge on any atom is 0.123 e. The van der Waals surface area contributed by atoms with E-state index in [2.05, 4.69) is 27.7 Å². The number of hydrogen-bond donors (Lipinski definition) is 7. The summed E-state index contributed by atoms with van der Waals surface area (Å²) in [5.41, 5.74) is -5.66. The summed E-state index contributed by atoms with van der Waals surface area (Å²) in [5.74, 6) is 1.37. The third-order valence-corrected chi connectivity index (χ3v) is 10.6. The summed E-state index contributed by atoms with van der Waals surface area (Å²) >= 11 is 0. The molecule has 4 aliphatic carbocycles. The van der Waals surface area contributed by atoms with Gasteiger partial charge in [0.05, 0.1) is 30.3 Å². The Morgan fingerprint density at radius 2 is 1.59 bits per heavy atom. The minimum absolute atomic E-state index is 0.106. The first-order chi connectivity index (χ1) is 15.8. The summed E-state index contributed by atoms with van der Waals surface area (Å²) in [4.78, 5) is 0.